The molecule has 0 radical (unpaired) electrons. The molecule has 0 unspecified atom stereocenters. The highest BCUT2D eigenvalue weighted by Gasteiger charge is 2.18. The van der Waals surface area contributed by atoms with Crippen molar-refractivity contribution in [2.24, 2.45) is 0 Å². The van der Waals surface area contributed by atoms with E-state index in [-0.39, 0.29) is 4.88 Å². The number of aromatic nitrogens is 5. The van der Waals surface area contributed by atoms with Crippen molar-refractivity contribution in [1.82, 2.24) is 25.2 Å². The molecule has 4 aromatic rings. The maximum atomic E-state index is 13.6. The number of hydrogen-bond donors (Lipinski definition) is 1. The lowest BCUT2D eigenvalue weighted by atomic mass is 10.2. The van der Waals surface area contributed by atoms with E-state index in [0.717, 1.165) is 16.9 Å². The molecule has 2 aromatic carbocycles. The Balaban J connectivity index is 1.80. The molecular weight excluding hydrogens is 397 g/mol. The van der Waals surface area contributed by atoms with Crippen molar-refractivity contribution >= 4 is 17.3 Å². The van der Waals surface area contributed by atoms with Crippen LogP contribution < -0.4 is 4.74 Å². The summed E-state index contributed by atoms with van der Waals surface area (Å²) in [5.41, 5.74) is 2.39. The summed E-state index contributed by atoms with van der Waals surface area (Å²) in [6.45, 7) is 3.46. The molecule has 0 saturated heterocycles. The summed E-state index contributed by atoms with van der Waals surface area (Å²) in [6.07, 6.45) is 1.40. The van der Waals surface area contributed by atoms with Crippen molar-refractivity contribution in [2.45, 2.75) is 13.8 Å². The van der Waals surface area contributed by atoms with Crippen LogP contribution in [-0.2, 0) is 0 Å². The average molecular weight is 411 g/mol. The number of hydrogen-bond acceptors (Lipinski definition) is 7. The van der Waals surface area contributed by atoms with Crippen LogP contribution in [0.4, 0.5) is 4.39 Å². The van der Waals surface area contributed by atoms with E-state index in [0.29, 0.717) is 33.5 Å². The van der Waals surface area contributed by atoms with Crippen molar-refractivity contribution in [3.63, 3.8) is 0 Å². The summed E-state index contributed by atoms with van der Waals surface area (Å²) < 4.78 is 21.0. The van der Waals surface area contributed by atoms with Crippen LogP contribution in [0.5, 0.6) is 11.5 Å². The monoisotopic (exact) mass is 411 g/mol. The van der Waals surface area contributed by atoms with Gasteiger partial charge < -0.3 is 9.84 Å². The van der Waals surface area contributed by atoms with Crippen molar-refractivity contribution in [2.75, 3.05) is 0 Å². The Hall–Kier alpha value is -3.66. The predicted octanol–water partition coefficient (Wildman–Crippen LogP) is 4.03. The van der Waals surface area contributed by atoms with Gasteiger partial charge in [0.15, 0.2) is 5.75 Å². The van der Waals surface area contributed by atoms with Gasteiger partial charge in [-0.05, 0) is 54.1 Å². The highest BCUT2D eigenvalue weighted by molar-refractivity contribution is 7.17. The van der Waals surface area contributed by atoms with Crippen LogP contribution in [0.3, 0.4) is 0 Å². The fraction of sp³-hybridized carbons (Fsp3) is 0.105. The topological polar surface area (TPSA) is 103 Å². The lowest BCUT2D eigenvalue weighted by molar-refractivity contribution is 0.0701. The van der Waals surface area contributed by atoms with Gasteiger partial charge in [0.2, 0.25) is 0 Å². The Bertz CT molecular complexity index is 1210. The molecule has 0 spiro atoms. The summed E-state index contributed by atoms with van der Waals surface area (Å²) in [5, 5.41) is 21.0. The molecule has 4 rings (SSSR count). The minimum atomic E-state index is -1.02. The normalized spacial score (nSPS) is 10.9. The number of aryl methyl sites for hydroxylation is 2. The van der Waals surface area contributed by atoms with Gasteiger partial charge in [-0.2, -0.15) is 4.68 Å². The zero-order chi connectivity index (χ0) is 20.5. The van der Waals surface area contributed by atoms with Gasteiger partial charge in [-0.15, -0.1) is 16.4 Å². The van der Waals surface area contributed by atoms with E-state index in [4.69, 9.17) is 4.74 Å². The number of benzene rings is 2. The number of carboxylic acids is 1. The summed E-state index contributed by atoms with van der Waals surface area (Å²) in [6, 6.07) is 9.47. The van der Waals surface area contributed by atoms with Gasteiger partial charge in [-0.3, -0.25) is 0 Å². The van der Waals surface area contributed by atoms with Crippen molar-refractivity contribution in [3.8, 4) is 27.8 Å². The first-order valence-corrected chi connectivity index (χ1v) is 9.26. The van der Waals surface area contributed by atoms with Gasteiger partial charge in [0.25, 0.3) is 0 Å². The summed E-state index contributed by atoms with van der Waals surface area (Å²) in [5.74, 6) is -0.661. The summed E-state index contributed by atoms with van der Waals surface area (Å²) in [4.78, 5) is 15.9. The summed E-state index contributed by atoms with van der Waals surface area (Å²) >= 11 is 1.08. The Morgan fingerprint density at radius 2 is 2.00 bits per heavy atom. The Labute approximate surface area is 168 Å². The molecule has 10 heteroatoms. The molecule has 0 bridgehead atoms. The molecule has 29 heavy (non-hydrogen) atoms. The molecule has 0 amide bonds. The van der Waals surface area contributed by atoms with E-state index >= 15 is 0 Å². The number of nitrogens with zero attached hydrogens (tertiary/aromatic N) is 5. The van der Waals surface area contributed by atoms with Gasteiger partial charge >= 0.3 is 5.97 Å². The van der Waals surface area contributed by atoms with Crippen molar-refractivity contribution in [1.29, 1.82) is 0 Å². The first-order chi connectivity index (χ1) is 13.9. The van der Waals surface area contributed by atoms with Crippen molar-refractivity contribution < 1.29 is 19.0 Å². The molecule has 0 fully saturated rings. The number of carboxylic acid groups (broad SMARTS) is 1. The fourth-order valence-corrected chi connectivity index (χ4v) is 3.61. The second-order valence-corrected chi connectivity index (χ2v) is 7.19. The second-order valence-electron chi connectivity index (χ2n) is 6.19. The highest BCUT2D eigenvalue weighted by atomic mass is 32.1. The van der Waals surface area contributed by atoms with Gasteiger partial charge in [0.05, 0.1) is 5.69 Å². The van der Waals surface area contributed by atoms with Crippen LogP contribution in [0, 0.1) is 19.7 Å². The SMILES string of the molecule is Cc1ccc(F)cc1Oc1ccc(-c2nc(C)c(C(=O)O)s2)cc1-n1cnnn1. The third kappa shape index (κ3) is 3.69. The number of thiazole rings is 1. The van der Waals surface area contributed by atoms with Crippen molar-refractivity contribution in [3.05, 3.63) is 64.7 Å². The van der Waals surface area contributed by atoms with Crippen LogP contribution >= 0.6 is 11.3 Å². The van der Waals surface area contributed by atoms with Crippen LogP contribution in [-0.4, -0.2) is 36.3 Å². The van der Waals surface area contributed by atoms with Gasteiger partial charge in [-0.25, -0.2) is 14.2 Å². The van der Waals surface area contributed by atoms with Crippen LogP contribution in [0.1, 0.15) is 20.9 Å². The molecule has 2 heterocycles. The standard InChI is InChI=1S/C19H14FN5O3S/c1-10-3-5-13(20)8-16(10)28-15-6-4-12(7-14(15)25-9-21-23-24-25)18-22-11(2)17(29-18)19(26)27/h3-9H,1-2H3,(H,26,27). The third-order valence-electron chi connectivity index (χ3n) is 4.16. The van der Waals surface area contributed by atoms with Crippen LogP contribution in [0.15, 0.2) is 42.7 Å². The number of rotatable bonds is 5. The fourth-order valence-electron chi connectivity index (χ4n) is 2.71. The zero-order valence-electron chi connectivity index (χ0n) is 15.3. The summed E-state index contributed by atoms with van der Waals surface area (Å²) in [7, 11) is 0. The Kier molecular flexibility index (Phi) is 4.77. The quantitative estimate of drug-likeness (QED) is 0.529. The van der Waals surface area contributed by atoms with E-state index in [1.807, 2.05) is 6.92 Å². The highest BCUT2D eigenvalue weighted by Crippen LogP contribution is 2.35. The number of tetrazole rings is 1. The number of aromatic carboxylic acids is 1. The number of carbonyl (C=O) groups is 1. The molecular formula is C19H14FN5O3S. The van der Waals surface area contributed by atoms with E-state index in [1.54, 1.807) is 31.2 Å². The third-order valence-corrected chi connectivity index (χ3v) is 5.36. The predicted molar refractivity (Wildman–Crippen MR) is 103 cm³/mol. The lowest BCUT2D eigenvalue weighted by Crippen LogP contribution is -2.00. The smallest absolute Gasteiger partial charge is 0.347 e. The number of ether oxygens (including phenoxy) is 1. The van der Waals surface area contributed by atoms with E-state index in [2.05, 4.69) is 20.5 Å². The molecule has 0 aliphatic rings. The Morgan fingerprint density at radius 3 is 2.69 bits per heavy atom. The van der Waals surface area contributed by atoms with Crippen LogP contribution in [0.25, 0.3) is 16.3 Å². The largest absolute Gasteiger partial charge is 0.477 e. The molecule has 1 N–H and O–H groups in total. The zero-order valence-corrected chi connectivity index (χ0v) is 16.1. The van der Waals surface area contributed by atoms with E-state index in [9.17, 15) is 14.3 Å². The lowest BCUT2D eigenvalue weighted by Gasteiger charge is -2.13. The maximum absolute atomic E-state index is 13.6. The van der Waals surface area contributed by atoms with Gasteiger partial charge in [0, 0.05) is 11.6 Å². The molecule has 0 saturated carbocycles. The van der Waals surface area contributed by atoms with Gasteiger partial charge in [-0.1, -0.05) is 6.07 Å². The molecule has 0 aliphatic carbocycles. The second kappa shape index (κ2) is 7.40. The average Bonchev–Trinajstić information content (AvgIpc) is 3.35. The maximum Gasteiger partial charge on any atom is 0.347 e. The Morgan fingerprint density at radius 1 is 1.17 bits per heavy atom. The van der Waals surface area contributed by atoms with Crippen LogP contribution in [0.2, 0.25) is 0 Å². The molecule has 8 nitrogen and oxygen atoms in total. The molecule has 2 aromatic heterocycles. The minimum absolute atomic E-state index is 0.180. The van der Waals surface area contributed by atoms with Gasteiger partial charge in [0.1, 0.15) is 33.5 Å². The minimum Gasteiger partial charge on any atom is -0.477 e. The first kappa shape index (κ1) is 18.7. The molecule has 146 valence electrons. The molecule has 0 atom stereocenters. The molecule has 0 aliphatic heterocycles. The van der Waals surface area contributed by atoms with E-state index in [1.165, 1.54) is 23.1 Å². The first-order valence-electron chi connectivity index (χ1n) is 8.45. The van der Waals surface area contributed by atoms with E-state index < -0.39 is 11.8 Å². The number of halogens is 1.